The molecule has 0 aliphatic carbocycles. The fourth-order valence-corrected chi connectivity index (χ4v) is 4.96. The summed E-state index contributed by atoms with van der Waals surface area (Å²) < 4.78 is 5.36. The first-order valence-corrected chi connectivity index (χ1v) is 11.7. The first-order chi connectivity index (χ1) is 15.2. The molecule has 5 rings (SSSR count). The van der Waals surface area contributed by atoms with E-state index in [0.29, 0.717) is 30.6 Å². The zero-order chi connectivity index (χ0) is 21.2. The number of aromatic nitrogens is 3. The van der Waals surface area contributed by atoms with Crippen LogP contribution < -0.4 is 9.80 Å². The van der Waals surface area contributed by atoms with Crippen LogP contribution in [0.25, 0.3) is 10.6 Å². The van der Waals surface area contributed by atoms with Crippen molar-refractivity contribution in [1.29, 1.82) is 0 Å². The van der Waals surface area contributed by atoms with Crippen molar-refractivity contribution in [2.75, 3.05) is 42.5 Å². The van der Waals surface area contributed by atoms with Crippen molar-refractivity contribution in [3.63, 3.8) is 0 Å². The summed E-state index contributed by atoms with van der Waals surface area (Å²) in [6.07, 6.45) is 3.71. The van der Waals surface area contributed by atoms with Crippen LogP contribution in [0.15, 0.2) is 40.2 Å². The molecule has 2 aliphatic rings. The lowest BCUT2D eigenvalue weighted by Gasteiger charge is -2.36. The minimum atomic E-state index is -0.0910. The predicted octanol–water partition coefficient (Wildman–Crippen LogP) is 3.53. The molecule has 0 aromatic carbocycles. The Labute approximate surface area is 185 Å². The van der Waals surface area contributed by atoms with Gasteiger partial charge in [-0.2, -0.15) is 0 Å². The van der Waals surface area contributed by atoms with Gasteiger partial charge in [-0.1, -0.05) is 11.2 Å². The van der Waals surface area contributed by atoms with Crippen molar-refractivity contribution in [3.8, 4) is 10.6 Å². The number of hydrogen-bond acceptors (Lipinski definition) is 8. The number of thiophene rings is 1. The van der Waals surface area contributed by atoms with E-state index < -0.39 is 0 Å². The maximum Gasteiger partial charge on any atom is 0.276 e. The minimum Gasteiger partial charge on any atom is -0.355 e. The van der Waals surface area contributed by atoms with Crippen LogP contribution in [0, 0.1) is 0 Å². The van der Waals surface area contributed by atoms with Gasteiger partial charge in [0.05, 0.1) is 4.88 Å². The lowest BCUT2D eigenvalue weighted by Crippen LogP contribution is -2.49. The second-order valence-corrected chi connectivity index (χ2v) is 9.07. The Balaban J connectivity index is 1.19. The molecule has 2 fully saturated rings. The van der Waals surface area contributed by atoms with Crippen molar-refractivity contribution >= 4 is 28.9 Å². The van der Waals surface area contributed by atoms with E-state index in [1.165, 1.54) is 19.3 Å². The summed E-state index contributed by atoms with van der Waals surface area (Å²) in [5.41, 5.74) is 0.358. The smallest absolute Gasteiger partial charge is 0.276 e. The van der Waals surface area contributed by atoms with Crippen LogP contribution in [0.2, 0.25) is 0 Å². The Hall–Kier alpha value is -2.94. The van der Waals surface area contributed by atoms with Gasteiger partial charge < -0.3 is 19.2 Å². The Bertz CT molecular complexity index is 1010. The number of piperazine rings is 1. The lowest BCUT2D eigenvalue weighted by atomic mass is 10.0. The molecule has 2 aliphatic heterocycles. The minimum absolute atomic E-state index is 0.0910. The van der Waals surface area contributed by atoms with Crippen molar-refractivity contribution in [1.82, 2.24) is 20.3 Å². The van der Waals surface area contributed by atoms with Gasteiger partial charge in [-0.05, 0) is 49.8 Å². The normalized spacial score (nSPS) is 19.6. The molecule has 0 saturated carbocycles. The number of carbonyl (C=O) groups excluding carboxylic acids is 1. The van der Waals surface area contributed by atoms with Crippen molar-refractivity contribution in [2.45, 2.75) is 32.2 Å². The Kier molecular flexibility index (Phi) is 5.59. The van der Waals surface area contributed by atoms with E-state index in [9.17, 15) is 4.79 Å². The SMILES string of the molecule is CC1CCCCN1c1ccc(N2CCN(C(=O)c3cc(-c4cccs4)on3)CC2)nn1. The number of hydrogen-bond donors (Lipinski definition) is 0. The molecule has 0 radical (unpaired) electrons. The van der Waals surface area contributed by atoms with Gasteiger partial charge in [0.25, 0.3) is 5.91 Å². The molecule has 3 aromatic rings. The van der Waals surface area contributed by atoms with Crippen LogP contribution in [-0.4, -0.2) is 64.9 Å². The first-order valence-electron chi connectivity index (χ1n) is 10.8. The third-order valence-electron chi connectivity index (χ3n) is 6.12. The number of piperidine rings is 1. The molecule has 0 N–H and O–H groups in total. The number of rotatable bonds is 4. The second-order valence-electron chi connectivity index (χ2n) is 8.12. The number of carbonyl (C=O) groups is 1. The maximum atomic E-state index is 12.8. The zero-order valence-electron chi connectivity index (χ0n) is 17.6. The average Bonchev–Trinajstić information content (AvgIpc) is 3.51. The molecule has 5 heterocycles. The van der Waals surface area contributed by atoms with Crippen LogP contribution in [0.3, 0.4) is 0 Å². The second kappa shape index (κ2) is 8.66. The Morgan fingerprint density at radius 3 is 2.58 bits per heavy atom. The first kappa shape index (κ1) is 20.0. The number of amides is 1. The van der Waals surface area contributed by atoms with Crippen LogP contribution in [0.5, 0.6) is 0 Å². The van der Waals surface area contributed by atoms with Gasteiger partial charge in [0.15, 0.2) is 23.1 Å². The fraction of sp³-hybridized carbons (Fsp3) is 0.455. The van der Waals surface area contributed by atoms with E-state index in [1.54, 1.807) is 17.4 Å². The molecule has 1 atom stereocenters. The van der Waals surface area contributed by atoms with Gasteiger partial charge in [0, 0.05) is 44.8 Å². The third kappa shape index (κ3) is 4.14. The fourth-order valence-electron chi connectivity index (χ4n) is 4.29. The molecule has 31 heavy (non-hydrogen) atoms. The molecule has 9 heteroatoms. The Morgan fingerprint density at radius 1 is 1.06 bits per heavy atom. The monoisotopic (exact) mass is 438 g/mol. The van der Waals surface area contributed by atoms with E-state index >= 15 is 0 Å². The van der Waals surface area contributed by atoms with Crippen LogP contribution in [-0.2, 0) is 0 Å². The maximum absolute atomic E-state index is 12.8. The lowest BCUT2D eigenvalue weighted by molar-refractivity contribution is 0.0736. The molecule has 1 unspecified atom stereocenters. The summed E-state index contributed by atoms with van der Waals surface area (Å²) in [7, 11) is 0. The van der Waals surface area contributed by atoms with Gasteiger partial charge >= 0.3 is 0 Å². The van der Waals surface area contributed by atoms with Crippen LogP contribution >= 0.6 is 11.3 Å². The summed E-state index contributed by atoms with van der Waals surface area (Å²) in [5.74, 6) is 2.36. The predicted molar refractivity (Wildman–Crippen MR) is 121 cm³/mol. The topological polar surface area (TPSA) is 78.6 Å². The van der Waals surface area contributed by atoms with Gasteiger partial charge in [0.2, 0.25) is 0 Å². The van der Waals surface area contributed by atoms with E-state index in [2.05, 4.69) is 38.1 Å². The summed E-state index contributed by atoms with van der Waals surface area (Å²) >= 11 is 1.56. The van der Waals surface area contributed by atoms with Crippen molar-refractivity contribution < 1.29 is 9.32 Å². The number of anilines is 2. The summed E-state index contributed by atoms with van der Waals surface area (Å²) in [6.45, 7) is 5.97. The standard InChI is InChI=1S/C22H26N6O2S/c1-16-5-2-3-9-28(16)21-8-7-20(23-24-21)26-10-12-27(13-11-26)22(29)17-15-18(30-25-17)19-6-4-14-31-19/h4,6-8,14-16H,2-3,5,9-13H2,1H3. The number of nitrogens with zero attached hydrogens (tertiary/aromatic N) is 6. The van der Waals surface area contributed by atoms with Crippen LogP contribution in [0.1, 0.15) is 36.7 Å². The molecule has 0 bridgehead atoms. The summed E-state index contributed by atoms with van der Waals surface area (Å²) in [6, 6.07) is 10.3. The quantitative estimate of drug-likeness (QED) is 0.616. The van der Waals surface area contributed by atoms with E-state index in [-0.39, 0.29) is 5.91 Å². The van der Waals surface area contributed by atoms with Gasteiger partial charge in [-0.25, -0.2) is 0 Å². The van der Waals surface area contributed by atoms with E-state index in [1.807, 2.05) is 28.5 Å². The Morgan fingerprint density at radius 2 is 1.87 bits per heavy atom. The van der Waals surface area contributed by atoms with Crippen molar-refractivity contribution in [2.24, 2.45) is 0 Å². The van der Waals surface area contributed by atoms with Crippen LogP contribution in [0.4, 0.5) is 11.6 Å². The zero-order valence-corrected chi connectivity index (χ0v) is 18.4. The van der Waals surface area contributed by atoms with E-state index in [0.717, 1.165) is 36.1 Å². The highest BCUT2D eigenvalue weighted by atomic mass is 32.1. The molecule has 162 valence electrons. The summed E-state index contributed by atoms with van der Waals surface area (Å²) in [5, 5.41) is 14.9. The van der Waals surface area contributed by atoms with Gasteiger partial charge in [-0.3, -0.25) is 4.79 Å². The van der Waals surface area contributed by atoms with Gasteiger partial charge in [0.1, 0.15) is 0 Å². The molecular weight excluding hydrogens is 412 g/mol. The largest absolute Gasteiger partial charge is 0.355 e. The average molecular weight is 439 g/mol. The highest BCUT2D eigenvalue weighted by molar-refractivity contribution is 7.13. The molecular formula is C22H26N6O2S. The third-order valence-corrected chi connectivity index (χ3v) is 7.00. The highest BCUT2D eigenvalue weighted by Crippen LogP contribution is 2.26. The molecule has 0 spiro atoms. The molecule has 3 aromatic heterocycles. The molecule has 8 nitrogen and oxygen atoms in total. The van der Waals surface area contributed by atoms with Gasteiger partial charge in [-0.15, -0.1) is 21.5 Å². The molecule has 1 amide bonds. The molecule has 2 saturated heterocycles. The van der Waals surface area contributed by atoms with Crippen molar-refractivity contribution in [3.05, 3.63) is 41.4 Å². The summed E-state index contributed by atoms with van der Waals surface area (Å²) in [4.78, 5) is 20.2. The highest BCUT2D eigenvalue weighted by Gasteiger charge is 2.26. The van der Waals surface area contributed by atoms with E-state index in [4.69, 9.17) is 4.52 Å².